The summed E-state index contributed by atoms with van der Waals surface area (Å²) in [5.41, 5.74) is 3.18. The molecule has 1 aliphatic heterocycles. The van der Waals surface area contributed by atoms with Gasteiger partial charge in [-0.25, -0.2) is 0 Å². The molecule has 1 aromatic carbocycles. The van der Waals surface area contributed by atoms with Crippen molar-refractivity contribution < 1.29 is 4.79 Å². The molecule has 14 heavy (non-hydrogen) atoms. The number of nitrogens with one attached hydrogen (secondary N) is 1. The molecule has 0 aromatic heterocycles. The summed E-state index contributed by atoms with van der Waals surface area (Å²) in [4.78, 5) is 11.1. The van der Waals surface area contributed by atoms with Crippen LogP contribution in [-0.2, 0) is 11.2 Å². The lowest BCUT2D eigenvalue weighted by Gasteiger charge is -1.99. The fraction of sp³-hybridized carbons (Fsp3) is 0.182. The summed E-state index contributed by atoms with van der Waals surface area (Å²) in [7, 11) is 0. The number of hydrogen-bond donors (Lipinski definition) is 1. The topological polar surface area (TPSA) is 29.1 Å². The van der Waals surface area contributed by atoms with Gasteiger partial charge >= 0.3 is 0 Å². The predicted octanol–water partition coefficient (Wildman–Crippen LogP) is 2.59. The van der Waals surface area contributed by atoms with Gasteiger partial charge < -0.3 is 5.32 Å². The van der Waals surface area contributed by atoms with Gasteiger partial charge in [0.25, 0.3) is 0 Å². The van der Waals surface area contributed by atoms with Crippen molar-refractivity contribution in [3.8, 4) is 0 Å². The van der Waals surface area contributed by atoms with Gasteiger partial charge in [0.1, 0.15) is 0 Å². The van der Waals surface area contributed by atoms with E-state index >= 15 is 0 Å². The van der Waals surface area contributed by atoms with Gasteiger partial charge in [0.15, 0.2) is 0 Å². The zero-order valence-corrected chi connectivity index (χ0v) is 9.17. The number of benzene rings is 1. The lowest BCUT2D eigenvalue weighted by Crippen LogP contribution is -2.03. The molecule has 2 nitrogen and oxygen atoms in total. The summed E-state index contributed by atoms with van der Waals surface area (Å²) in [6.07, 6.45) is 4.58. The van der Waals surface area contributed by atoms with Crippen molar-refractivity contribution in [3.63, 3.8) is 0 Å². The highest BCUT2D eigenvalue weighted by Crippen LogP contribution is 2.24. The molecule has 1 aromatic rings. The van der Waals surface area contributed by atoms with Crippen LogP contribution in [0.15, 0.2) is 24.3 Å². The van der Waals surface area contributed by atoms with E-state index in [1.54, 1.807) is 0 Å². The van der Waals surface area contributed by atoms with E-state index in [4.69, 9.17) is 0 Å². The SMILES string of the molecule is O=C1Cc2cc(C=CCBr)ccc2N1. The summed E-state index contributed by atoms with van der Waals surface area (Å²) in [6.45, 7) is 0. The molecule has 3 heteroatoms. The second-order valence-corrected chi connectivity index (χ2v) is 3.85. The molecule has 1 aliphatic rings. The number of amides is 1. The maximum absolute atomic E-state index is 11.1. The van der Waals surface area contributed by atoms with Crippen molar-refractivity contribution in [3.05, 3.63) is 35.4 Å². The molecule has 0 spiro atoms. The van der Waals surface area contributed by atoms with Crippen LogP contribution in [0.5, 0.6) is 0 Å². The first-order valence-electron chi connectivity index (χ1n) is 4.45. The average molecular weight is 252 g/mol. The summed E-state index contributed by atoms with van der Waals surface area (Å²) in [6, 6.07) is 6.00. The third kappa shape index (κ3) is 1.87. The van der Waals surface area contributed by atoms with Crippen LogP contribution in [0.2, 0.25) is 0 Å². The largest absolute Gasteiger partial charge is 0.326 e. The van der Waals surface area contributed by atoms with Crippen LogP contribution >= 0.6 is 15.9 Å². The summed E-state index contributed by atoms with van der Waals surface area (Å²) in [5, 5.41) is 3.66. The predicted molar refractivity (Wildman–Crippen MR) is 61.6 cm³/mol. The standard InChI is InChI=1S/C11H10BrNO/c12-5-1-2-8-3-4-10-9(6-8)7-11(14)13-10/h1-4,6H,5,7H2,(H,13,14). The maximum atomic E-state index is 11.1. The van der Waals surface area contributed by atoms with E-state index < -0.39 is 0 Å². The monoisotopic (exact) mass is 251 g/mol. The highest BCUT2D eigenvalue weighted by molar-refractivity contribution is 9.09. The number of halogens is 1. The maximum Gasteiger partial charge on any atom is 0.228 e. The molecule has 72 valence electrons. The number of allylic oxidation sites excluding steroid dienone is 1. The van der Waals surface area contributed by atoms with Crippen LogP contribution in [0, 0.1) is 0 Å². The smallest absolute Gasteiger partial charge is 0.228 e. The van der Waals surface area contributed by atoms with Crippen LogP contribution in [-0.4, -0.2) is 11.2 Å². The van der Waals surface area contributed by atoms with E-state index in [1.807, 2.05) is 30.4 Å². The number of hydrogen-bond acceptors (Lipinski definition) is 1. The van der Waals surface area contributed by atoms with Crippen molar-refractivity contribution in [2.24, 2.45) is 0 Å². The number of rotatable bonds is 2. The Labute approximate surface area is 91.1 Å². The third-order valence-electron chi connectivity index (χ3n) is 2.15. The summed E-state index contributed by atoms with van der Waals surface area (Å²) < 4.78 is 0. The van der Waals surface area contributed by atoms with Gasteiger partial charge in [0.05, 0.1) is 6.42 Å². The van der Waals surface area contributed by atoms with E-state index in [1.165, 1.54) is 0 Å². The third-order valence-corrected chi connectivity index (χ3v) is 2.53. The second-order valence-electron chi connectivity index (χ2n) is 3.20. The first-order chi connectivity index (χ1) is 6.79. The zero-order valence-electron chi connectivity index (χ0n) is 7.59. The fourth-order valence-corrected chi connectivity index (χ4v) is 1.72. The highest BCUT2D eigenvalue weighted by atomic mass is 79.9. The van der Waals surface area contributed by atoms with Crippen molar-refractivity contribution in [2.45, 2.75) is 6.42 Å². The molecular weight excluding hydrogens is 242 g/mol. The minimum absolute atomic E-state index is 0.0848. The lowest BCUT2D eigenvalue weighted by atomic mass is 10.1. The Kier molecular flexibility index (Phi) is 2.68. The molecule has 1 heterocycles. The molecule has 2 rings (SSSR count). The first-order valence-corrected chi connectivity index (χ1v) is 5.57. The van der Waals surface area contributed by atoms with Gasteiger partial charge in [0.2, 0.25) is 5.91 Å². The average Bonchev–Trinajstić information content (AvgIpc) is 2.54. The molecule has 0 bridgehead atoms. The Bertz CT molecular complexity index is 398. The van der Waals surface area contributed by atoms with Gasteiger partial charge in [-0.15, -0.1) is 0 Å². The van der Waals surface area contributed by atoms with Crippen molar-refractivity contribution in [2.75, 3.05) is 10.6 Å². The molecule has 0 saturated heterocycles. The highest BCUT2D eigenvalue weighted by Gasteiger charge is 2.16. The Morgan fingerprint density at radius 1 is 1.50 bits per heavy atom. The van der Waals surface area contributed by atoms with Crippen molar-refractivity contribution in [1.82, 2.24) is 0 Å². The van der Waals surface area contributed by atoms with Crippen molar-refractivity contribution >= 4 is 33.6 Å². The molecule has 1 amide bonds. The van der Waals surface area contributed by atoms with Crippen LogP contribution in [0.4, 0.5) is 5.69 Å². The lowest BCUT2D eigenvalue weighted by molar-refractivity contribution is -0.115. The van der Waals surface area contributed by atoms with E-state index in [-0.39, 0.29) is 5.91 Å². The number of fused-ring (bicyclic) bond motifs is 1. The van der Waals surface area contributed by atoms with Gasteiger partial charge in [0, 0.05) is 11.0 Å². The molecular formula is C11H10BrNO. The van der Waals surface area contributed by atoms with Crippen LogP contribution in [0.1, 0.15) is 11.1 Å². The minimum atomic E-state index is 0.0848. The molecule has 0 aliphatic carbocycles. The Hall–Kier alpha value is -1.09. The normalized spacial score (nSPS) is 14.5. The van der Waals surface area contributed by atoms with Gasteiger partial charge in [-0.2, -0.15) is 0 Å². The van der Waals surface area contributed by atoms with Crippen molar-refractivity contribution in [1.29, 1.82) is 0 Å². The Morgan fingerprint density at radius 3 is 3.14 bits per heavy atom. The minimum Gasteiger partial charge on any atom is -0.326 e. The number of anilines is 1. The quantitative estimate of drug-likeness (QED) is 0.805. The fourth-order valence-electron chi connectivity index (χ4n) is 1.53. The van der Waals surface area contributed by atoms with Gasteiger partial charge in [-0.3, -0.25) is 4.79 Å². The molecule has 0 atom stereocenters. The second kappa shape index (κ2) is 3.96. The summed E-state index contributed by atoms with van der Waals surface area (Å²) >= 11 is 3.33. The van der Waals surface area contributed by atoms with Gasteiger partial charge in [-0.1, -0.05) is 34.1 Å². The zero-order chi connectivity index (χ0) is 9.97. The van der Waals surface area contributed by atoms with E-state index in [0.717, 1.165) is 22.1 Å². The molecule has 0 fully saturated rings. The van der Waals surface area contributed by atoms with Gasteiger partial charge in [-0.05, 0) is 23.3 Å². The number of alkyl halides is 1. The first kappa shape index (κ1) is 9.46. The number of carbonyl (C=O) groups is 1. The molecule has 0 unspecified atom stereocenters. The van der Waals surface area contributed by atoms with Crippen LogP contribution < -0.4 is 5.32 Å². The van der Waals surface area contributed by atoms with E-state index in [0.29, 0.717) is 6.42 Å². The summed E-state index contributed by atoms with van der Waals surface area (Å²) in [5.74, 6) is 0.0848. The Morgan fingerprint density at radius 2 is 2.36 bits per heavy atom. The van der Waals surface area contributed by atoms with Crippen LogP contribution in [0.25, 0.3) is 6.08 Å². The molecule has 0 saturated carbocycles. The van der Waals surface area contributed by atoms with E-state index in [2.05, 4.69) is 21.2 Å². The number of carbonyl (C=O) groups excluding carboxylic acids is 1. The molecule has 0 radical (unpaired) electrons. The van der Waals surface area contributed by atoms with Crippen LogP contribution in [0.3, 0.4) is 0 Å². The van der Waals surface area contributed by atoms with E-state index in [9.17, 15) is 4.79 Å². The Balaban J connectivity index is 2.28. The molecule has 1 N–H and O–H groups in total.